The summed E-state index contributed by atoms with van der Waals surface area (Å²) in [5.41, 5.74) is 3.11. The smallest absolute Gasteiger partial charge is 0.159 e. The van der Waals surface area contributed by atoms with Crippen LogP contribution < -0.4 is 0 Å². The van der Waals surface area contributed by atoms with Gasteiger partial charge < -0.3 is 0 Å². The van der Waals surface area contributed by atoms with E-state index in [2.05, 4.69) is 60.1 Å². The number of fused-ring (bicyclic) bond motifs is 2. The number of aryl methyl sites for hydroxylation is 1. The van der Waals surface area contributed by atoms with Gasteiger partial charge in [0.1, 0.15) is 0 Å². The fourth-order valence-corrected chi connectivity index (χ4v) is 2.88. The summed E-state index contributed by atoms with van der Waals surface area (Å²) in [6, 6.07) is 6.29. The van der Waals surface area contributed by atoms with Crippen LogP contribution in [0.25, 0.3) is 21.9 Å². The quantitative estimate of drug-likeness (QED) is 0.622. The zero-order valence-electron chi connectivity index (χ0n) is 9.11. The molecule has 0 saturated carbocycles. The second kappa shape index (κ2) is 4.07. The van der Waals surface area contributed by atoms with E-state index in [0.717, 1.165) is 31.7 Å². The van der Waals surface area contributed by atoms with Crippen LogP contribution in [0.5, 0.6) is 0 Å². The van der Waals surface area contributed by atoms with Crippen molar-refractivity contribution in [3.63, 3.8) is 0 Å². The van der Waals surface area contributed by atoms with E-state index in [4.69, 9.17) is 0 Å². The van der Waals surface area contributed by atoms with Crippen LogP contribution in [0.1, 0.15) is 5.56 Å². The van der Waals surface area contributed by atoms with Gasteiger partial charge in [-0.15, -0.1) is 0 Å². The number of aromatic nitrogens is 3. The SMILES string of the molecule is Cn1ncc2c(Br)c3ccc(CBr)cc3nc21. The zero-order valence-corrected chi connectivity index (χ0v) is 12.3. The van der Waals surface area contributed by atoms with Gasteiger partial charge in [-0.3, -0.25) is 4.68 Å². The van der Waals surface area contributed by atoms with Crippen LogP contribution in [0, 0.1) is 0 Å². The van der Waals surface area contributed by atoms with Gasteiger partial charge in [0.15, 0.2) is 5.65 Å². The molecule has 0 aliphatic rings. The van der Waals surface area contributed by atoms with E-state index >= 15 is 0 Å². The Hall–Kier alpha value is -0.940. The molecular weight excluding hydrogens is 346 g/mol. The largest absolute Gasteiger partial charge is 0.250 e. The normalized spacial score (nSPS) is 11.5. The maximum Gasteiger partial charge on any atom is 0.159 e. The first-order valence-corrected chi connectivity index (χ1v) is 7.08. The van der Waals surface area contributed by atoms with Crippen molar-refractivity contribution < 1.29 is 0 Å². The molecule has 0 aliphatic heterocycles. The molecule has 0 radical (unpaired) electrons. The Morgan fingerprint density at radius 1 is 1.29 bits per heavy atom. The second-order valence-corrected chi connectivity index (χ2v) is 5.27. The molecule has 0 N–H and O–H groups in total. The molecule has 5 heteroatoms. The summed E-state index contributed by atoms with van der Waals surface area (Å²) < 4.78 is 2.85. The molecular formula is C12H9Br2N3. The second-order valence-electron chi connectivity index (χ2n) is 3.92. The van der Waals surface area contributed by atoms with E-state index in [0.29, 0.717) is 0 Å². The number of rotatable bonds is 1. The third kappa shape index (κ3) is 1.68. The van der Waals surface area contributed by atoms with E-state index < -0.39 is 0 Å². The van der Waals surface area contributed by atoms with Crippen molar-refractivity contribution in [3.8, 4) is 0 Å². The number of alkyl halides is 1. The molecule has 0 bridgehead atoms. The summed E-state index contributed by atoms with van der Waals surface area (Å²) in [6.45, 7) is 0. The molecule has 0 saturated heterocycles. The third-order valence-electron chi connectivity index (χ3n) is 2.82. The molecule has 2 aromatic heterocycles. The minimum absolute atomic E-state index is 0.839. The molecule has 2 heterocycles. The van der Waals surface area contributed by atoms with Crippen molar-refractivity contribution >= 4 is 53.8 Å². The van der Waals surface area contributed by atoms with E-state index in [1.165, 1.54) is 5.56 Å². The molecule has 86 valence electrons. The lowest BCUT2D eigenvalue weighted by Crippen LogP contribution is -1.93. The predicted octanol–water partition coefficient (Wildman–Crippen LogP) is 3.78. The number of benzene rings is 1. The Balaban J connectivity index is 2.47. The maximum atomic E-state index is 4.66. The van der Waals surface area contributed by atoms with E-state index in [1.54, 1.807) is 4.68 Å². The standard InChI is InChI=1S/C12H9Br2N3/c1-17-12-9(6-15-17)11(14)8-3-2-7(5-13)4-10(8)16-12/h2-4,6H,5H2,1H3. The Kier molecular flexibility index (Phi) is 2.67. The maximum absolute atomic E-state index is 4.66. The fourth-order valence-electron chi connectivity index (χ4n) is 1.92. The van der Waals surface area contributed by atoms with Gasteiger partial charge in [-0.2, -0.15) is 5.10 Å². The molecule has 0 spiro atoms. The minimum Gasteiger partial charge on any atom is -0.250 e. The van der Waals surface area contributed by atoms with E-state index in [1.807, 2.05) is 13.2 Å². The van der Waals surface area contributed by atoms with Crippen molar-refractivity contribution in [2.75, 3.05) is 0 Å². The van der Waals surface area contributed by atoms with E-state index in [9.17, 15) is 0 Å². The first kappa shape index (κ1) is 11.2. The van der Waals surface area contributed by atoms with Gasteiger partial charge in [-0.05, 0) is 27.6 Å². The minimum atomic E-state index is 0.839. The Morgan fingerprint density at radius 3 is 2.88 bits per heavy atom. The molecule has 0 unspecified atom stereocenters. The highest BCUT2D eigenvalue weighted by Crippen LogP contribution is 2.31. The monoisotopic (exact) mass is 353 g/mol. The van der Waals surface area contributed by atoms with Crippen molar-refractivity contribution in [2.24, 2.45) is 7.05 Å². The van der Waals surface area contributed by atoms with Crippen LogP contribution >= 0.6 is 31.9 Å². The van der Waals surface area contributed by atoms with Gasteiger partial charge in [0.05, 0.1) is 17.1 Å². The lowest BCUT2D eigenvalue weighted by atomic mass is 10.1. The Labute approximate surface area is 115 Å². The molecule has 0 amide bonds. The van der Waals surface area contributed by atoms with Gasteiger partial charge >= 0.3 is 0 Å². The fraction of sp³-hybridized carbons (Fsp3) is 0.167. The molecule has 1 aromatic carbocycles. The average molecular weight is 355 g/mol. The summed E-state index contributed by atoms with van der Waals surface area (Å²) in [6.07, 6.45) is 1.84. The summed E-state index contributed by atoms with van der Waals surface area (Å²) in [5.74, 6) is 0. The average Bonchev–Trinajstić information content (AvgIpc) is 2.71. The van der Waals surface area contributed by atoms with Gasteiger partial charge in [-0.1, -0.05) is 28.1 Å². The van der Waals surface area contributed by atoms with Crippen LogP contribution in [-0.4, -0.2) is 14.8 Å². The Bertz CT molecular complexity index is 718. The first-order valence-electron chi connectivity index (χ1n) is 5.16. The van der Waals surface area contributed by atoms with Crippen LogP contribution in [-0.2, 0) is 12.4 Å². The van der Waals surface area contributed by atoms with Crippen molar-refractivity contribution in [1.82, 2.24) is 14.8 Å². The molecule has 0 fully saturated rings. The lowest BCUT2D eigenvalue weighted by molar-refractivity contribution is 0.788. The number of hydrogen-bond acceptors (Lipinski definition) is 2. The number of pyridine rings is 1. The van der Waals surface area contributed by atoms with Crippen LogP contribution in [0.15, 0.2) is 28.9 Å². The highest BCUT2D eigenvalue weighted by Gasteiger charge is 2.10. The topological polar surface area (TPSA) is 30.7 Å². The lowest BCUT2D eigenvalue weighted by Gasteiger charge is -2.04. The first-order chi connectivity index (χ1) is 8.20. The number of nitrogens with zero attached hydrogens (tertiary/aromatic N) is 3. The van der Waals surface area contributed by atoms with Gasteiger partial charge in [-0.25, -0.2) is 4.98 Å². The molecule has 17 heavy (non-hydrogen) atoms. The molecule has 0 atom stereocenters. The van der Waals surface area contributed by atoms with Crippen LogP contribution in [0.3, 0.4) is 0 Å². The number of halogens is 2. The summed E-state index contributed by atoms with van der Waals surface area (Å²) >= 11 is 7.10. The molecule has 3 aromatic rings. The summed E-state index contributed by atoms with van der Waals surface area (Å²) in [4.78, 5) is 4.66. The van der Waals surface area contributed by atoms with Gasteiger partial charge in [0, 0.05) is 22.2 Å². The highest BCUT2D eigenvalue weighted by atomic mass is 79.9. The third-order valence-corrected chi connectivity index (χ3v) is 4.33. The molecule has 3 nitrogen and oxygen atoms in total. The predicted molar refractivity (Wildman–Crippen MR) is 76.3 cm³/mol. The molecule has 0 aliphatic carbocycles. The van der Waals surface area contributed by atoms with Crippen LogP contribution in [0.2, 0.25) is 0 Å². The summed E-state index contributed by atoms with van der Waals surface area (Å²) in [5, 5.41) is 7.24. The van der Waals surface area contributed by atoms with E-state index in [-0.39, 0.29) is 0 Å². The summed E-state index contributed by atoms with van der Waals surface area (Å²) in [7, 11) is 1.90. The van der Waals surface area contributed by atoms with Gasteiger partial charge in [0.2, 0.25) is 0 Å². The molecule has 3 rings (SSSR count). The van der Waals surface area contributed by atoms with Crippen molar-refractivity contribution in [2.45, 2.75) is 5.33 Å². The van der Waals surface area contributed by atoms with Crippen molar-refractivity contribution in [1.29, 1.82) is 0 Å². The van der Waals surface area contributed by atoms with Crippen molar-refractivity contribution in [3.05, 3.63) is 34.4 Å². The van der Waals surface area contributed by atoms with Gasteiger partial charge in [0.25, 0.3) is 0 Å². The number of hydrogen-bond donors (Lipinski definition) is 0. The Morgan fingerprint density at radius 2 is 2.12 bits per heavy atom. The zero-order chi connectivity index (χ0) is 12.0. The van der Waals surface area contributed by atoms with Crippen LogP contribution in [0.4, 0.5) is 0 Å². The highest BCUT2D eigenvalue weighted by molar-refractivity contribution is 9.10.